The van der Waals surface area contributed by atoms with Crippen LogP contribution >= 0.6 is 11.6 Å². The molecule has 0 spiro atoms. The van der Waals surface area contributed by atoms with Crippen molar-refractivity contribution in [2.45, 2.75) is 20.3 Å². The van der Waals surface area contributed by atoms with Crippen LogP contribution in [0.3, 0.4) is 0 Å². The van der Waals surface area contributed by atoms with E-state index in [4.69, 9.17) is 26.3 Å². The lowest BCUT2D eigenvalue weighted by Crippen LogP contribution is -2.34. The summed E-state index contributed by atoms with van der Waals surface area (Å²) in [5.74, 6) is 0.236. The van der Waals surface area contributed by atoms with E-state index in [0.717, 1.165) is 5.56 Å². The Morgan fingerprint density at radius 3 is 2.71 bits per heavy atom. The van der Waals surface area contributed by atoms with E-state index >= 15 is 0 Å². The van der Waals surface area contributed by atoms with Gasteiger partial charge in [-0.3, -0.25) is 10.2 Å². The van der Waals surface area contributed by atoms with Gasteiger partial charge in [-0.05, 0) is 43.7 Å². The molecule has 0 heterocycles. The van der Waals surface area contributed by atoms with E-state index in [1.165, 1.54) is 11.0 Å². The molecule has 1 N–H and O–H groups in total. The largest absolute Gasteiger partial charge is 0.450 e. The van der Waals surface area contributed by atoms with Gasteiger partial charge in [0, 0.05) is 29.0 Å². The zero-order chi connectivity index (χ0) is 20.5. The third kappa shape index (κ3) is 5.89. The standard InChI is InChI=1S/C20H20ClN3O4/c1-3-27-19(25)23-15-6-4-7-17(12-15)28-20(26)24(11-5-10-22)16-9-8-14(2)18(21)13-16/h4,6-9,12-13H,3,5,11H2,1-2H3,(H,23,25). The van der Waals surface area contributed by atoms with Crippen molar-refractivity contribution in [2.24, 2.45) is 0 Å². The quantitative estimate of drug-likeness (QED) is 0.723. The second kappa shape index (κ2) is 10.2. The van der Waals surface area contributed by atoms with Crippen LogP contribution < -0.4 is 15.0 Å². The maximum absolute atomic E-state index is 12.7. The second-order valence-corrected chi connectivity index (χ2v) is 6.14. The van der Waals surface area contributed by atoms with E-state index in [2.05, 4.69) is 5.32 Å². The zero-order valence-electron chi connectivity index (χ0n) is 15.6. The summed E-state index contributed by atoms with van der Waals surface area (Å²) in [5.41, 5.74) is 1.82. The molecule has 2 aromatic rings. The van der Waals surface area contributed by atoms with Crippen LogP contribution in [0.2, 0.25) is 5.02 Å². The van der Waals surface area contributed by atoms with Crippen LogP contribution in [0.25, 0.3) is 0 Å². The molecule has 8 heteroatoms. The molecule has 0 fully saturated rings. The van der Waals surface area contributed by atoms with Crippen molar-refractivity contribution in [1.29, 1.82) is 5.26 Å². The van der Waals surface area contributed by atoms with Crippen LogP contribution in [-0.4, -0.2) is 25.3 Å². The number of rotatable bonds is 6. The average molecular weight is 402 g/mol. The Balaban J connectivity index is 2.18. The van der Waals surface area contributed by atoms with Gasteiger partial charge in [-0.25, -0.2) is 9.59 Å². The van der Waals surface area contributed by atoms with E-state index in [1.54, 1.807) is 43.3 Å². The first-order valence-corrected chi connectivity index (χ1v) is 8.98. The number of carbonyl (C=O) groups is 2. The number of carbonyl (C=O) groups excluding carboxylic acids is 2. The molecule has 2 amide bonds. The number of hydrogen-bond donors (Lipinski definition) is 1. The number of hydrogen-bond acceptors (Lipinski definition) is 5. The van der Waals surface area contributed by atoms with Gasteiger partial charge in [-0.1, -0.05) is 23.7 Å². The van der Waals surface area contributed by atoms with E-state index in [0.29, 0.717) is 16.4 Å². The first kappa shape index (κ1) is 21.1. The smallest absolute Gasteiger partial charge is 0.419 e. The molecule has 0 unspecified atom stereocenters. The number of nitrogens with zero attached hydrogens (tertiary/aromatic N) is 2. The second-order valence-electron chi connectivity index (χ2n) is 5.73. The molecule has 0 saturated heterocycles. The molecule has 0 atom stereocenters. The minimum Gasteiger partial charge on any atom is -0.450 e. The van der Waals surface area contributed by atoms with Gasteiger partial charge in [0.1, 0.15) is 5.75 Å². The van der Waals surface area contributed by atoms with Gasteiger partial charge in [-0.15, -0.1) is 0 Å². The molecule has 0 aliphatic carbocycles. The summed E-state index contributed by atoms with van der Waals surface area (Å²) in [4.78, 5) is 25.5. The SMILES string of the molecule is CCOC(=O)Nc1cccc(OC(=O)N(CCC#N)c2ccc(C)c(Cl)c2)c1. The lowest BCUT2D eigenvalue weighted by atomic mass is 10.2. The van der Waals surface area contributed by atoms with Gasteiger partial charge in [0.05, 0.1) is 19.1 Å². The number of halogens is 1. The first-order chi connectivity index (χ1) is 13.4. The number of nitrogens with one attached hydrogen (secondary N) is 1. The third-order valence-electron chi connectivity index (χ3n) is 3.70. The molecule has 0 saturated carbocycles. The Hall–Kier alpha value is -3.24. The molecule has 0 radical (unpaired) electrons. The number of nitriles is 1. The van der Waals surface area contributed by atoms with E-state index in [-0.39, 0.29) is 25.3 Å². The Labute approximate surface area is 168 Å². The minimum absolute atomic E-state index is 0.130. The van der Waals surface area contributed by atoms with Crippen molar-refractivity contribution in [3.05, 3.63) is 53.1 Å². The lowest BCUT2D eigenvalue weighted by Gasteiger charge is -2.21. The molecule has 0 aliphatic rings. The fourth-order valence-electron chi connectivity index (χ4n) is 2.32. The number of ether oxygens (including phenoxy) is 2. The molecular weight excluding hydrogens is 382 g/mol. The fourth-order valence-corrected chi connectivity index (χ4v) is 2.49. The normalized spacial score (nSPS) is 9.93. The van der Waals surface area contributed by atoms with Crippen molar-refractivity contribution in [1.82, 2.24) is 0 Å². The van der Waals surface area contributed by atoms with Gasteiger partial charge in [0.25, 0.3) is 0 Å². The van der Waals surface area contributed by atoms with Crippen molar-refractivity contribution in [2.75, 3.05) is 23.4 Å². The number of anilines is 2. The molecule has 0 aromatic heterocycles. The molecule has 0 aliphatic heterocycles. The summed E-state index contributed by atoms with van der Waals surface area (Å²) < 4.78 is 10.2. The van der Waals surface area contributed by atoms with Gasteiger partial charge < -0.3 is 9.47 Å². The van der Waals surface area contributed by atoms with Gasteiger partial charge in [0.15, 0.2) is 0 Å². The monoisotopic (exact) mass is 401 g/mol. The fraction of sp³-hybridized carbons (Fsp3) is 0.250. The lowest BCUT2D eigenvalue weighted by molar-refractivity contribution is 0.168. The summed E-state index contributed by atoms with van der Waals surface area (Å²) in [6.45, 7) is 3.94. The first-order valence-electron chi connectivity index (χ1n) is 8.61. The Bertz CT molecular complexity index is 895. The molecule has 0 bridgehead atoms. The van der Waals surface area contributed by atoms with Gasteiger partial charge >= 0.3 is 12.2 Å². The summed E-state index contributed by atoms with van der Waals surface area (Å²) in [6.07, 6.45) is -1.13. The highest BCUT2D eigenvalue weighted by Crippen LogP contribution is 2.25. The van der Waals surface area contributed by atoms with E-state index < -0.39 is 12.2 Å². The summed E-state index contributed by atoms with van der Waals surface area (Å²) in [7, 11) is 0. The highest BCUT2D eigenvalue weighted by atomic mass is 35.5. The van der Waals surface area contributed by atoms with Crippen LogP contribution in [0.1, 0.15) is 18.9 Å². The van der Waals surface area contributed by atoms with Crippen LogP contribution in [0.5, 0.6) is 5.75 Å². The van der Waals surface area contributed by atoms with Gasteiger partial charge in [-0.2, -0.15) is 5.26 Å². The highest BCUT2D eigenvalue weighted by molar-refractivity contribution is 6.31. The summed E-state index contributed by atoms with van der Waals surface area (Å²) >= 11 is 6.16. The molecular formula is C20H20ClN3O4. The van der Waals surface area contributed by atoms with Crippen LogP contribution in [0.4, 0.5) is 21.0 Å². The average Bonchev–Trinajstić information content (AvgIpc) is 2.65. The van der Waals surface area contributed by atoms with E-state index in [1.807, 2.05) is 13.0 Å². The van der Waals surface area contributed by atoms with Gasteiger partial charge in [0.2, 0.25) is 0 Å². The maximum atomic E-state index is 12.7. The van der Waals surface area contributed by atoms with Crippen LogP contribution in [0.15, 0.2) is 42.5 Å². The molecule has 2 rings (SSSR count). The Morgan fingerprint density at radius 1 is 1.25 bits per heavy atom. The van der Waals surface area contributed by atoms with E-state index in [9.17, 15) is 9.59 Å². The molecule has 146 valence electrons. The minimum atomic E-state index is -0.663. The molecule has 2 aromatic carbocycles. The molecule has 7 nitrogen and oxygen atoms in total. The van der Waals surface area contributed by atoms with Crippen molar-refractivity contribution in [3.8, 4) is 11.8 Å². The molecule has 28 heavy (non-hydrogen) atoms. The highest BCUT2D eigenvalue weighted by Gasteiger charge is 2.19. The maximum Gasteiger partial charge on any atom is 0.419 e. The van der Waals surface area contributed by atoms with Crippen LogP contribution in [-0.2, 0) is 4.74 Å². The Morgan fingerprint density at radius 2 is 2.04 bits per heavy atom. The number of aryl methyl sites for hydroxylation is 1. The Kier molecular flexibility index (Phi) is 7.66. The predicted octanol–water partition coefficient (Wildman–Crippen LogP) is 5.14. The summed E-state index contributed by atoms with van der Waals surface area (Å²) in [6, 6.07) is 13.5. The third-order valence-corrected chi connectivity index (χ3v) is 4.10. The number of amides is 2. The van der Waals surface area contributed by atoms with Crippen molar-refractivity contribution in [3.63, 3.8) is 0 Å². The zero-order valence-corrected chi connectivity index (χ0v) is 16.3. The topological polar surface area (TPSA) is 91.7 Å². The summed E-state index contributed by atoms with van der Waals surface area (Å²) in [5, 5.41) is 11.9. The van der Waals surface area contributed by atoms with Crippen molar-refractivity contribution >= 4 is 35.2 Å². The van der Waals surface area contributed by atoms with Crippen LogP contribution in [0, 0.1) is 18.3 Å². The van der Waals surface area contributed by atoms with Crippen molar-refractivity contribution < 1.29 is 19.1 Å². The number of benzene rings is 2. The predicted molar refractivity (Wildman–Crippen MR) is 107 cm³/mol.